The number of rotatable bonds is 10. The molecule has 144 valence electrons. The Morgan fingerprint density at radius 1 is 1.27 bits per heavy atom. The summed E-state index contributed by atoms with van der Waals surface area (Å²) in [6.45, 7) is 3.00. The summed E-state index contributed by atoms with van der Waals surface area (Å²) < 4.78 is 27.2. The largest absolute Gasteiger partial charge is 0.382 e. The van der Waals surface area contributed by atoms with Crippen molar-refractivity contribution in [3.05, 3.63) is 32.9 Å². The number of hydrogen-bond donors (Lipinski definition) is 2. The van der Waals surface area contributed by atoms with Crippen LogP contribution in [0.1, 0.15) is 31.6 Å². The van der Waals surface area contributed by atoms with E-state index in [4.69, 9.17) is 0 Å². The highest BCUT2D eigenvalue weighted by Crippen LogP contribution is 2.35. The number of Topliss-reactive ketones (excluding diaryl/α,β-unsaturated/α-hetero) is 1. The normalized spacial score (nSPS) is 15.2. The van der Waals surface area contributed by atoms with E-state index in [1.165, 1.54) is 14.6 Å². The van der Waals surface area contributed by atoms with Gasteiger partial charge in [-0.15, -0.1) is 22.7 Å². The first-order valence-electron chi connectivity index (χ1n) is 8.36. The Morgan fingerprint density at radius 2 is 1.92 bits per heavy atom. The van der Waals surface area contributed by atoms with Crippen molar-refractivity contribution in [3.8, 4) is 9.75 Å². The van der Waals surface area contributed by atoms with Crippen molar-refractivity contribution in [1.29, 1.82) is 0 Å². The Labute approximate surface area is 168 Å². The minimum Gasteiger partial charge on any atom is -0.382 e. The Balaban J connectivity index is 1.88. The van der Waals surface area contributed by atoms with Crippen LogP contribution in [0, 0.1) is 0 Å². The summed E-state index contributed by atoms with van der Waals surface area (Å²) in [5.74, 6) is -0.406. The lowest BCUT2D eigenvalue weighted by atomic mass is 9.92. The molecule has 3 nitrogen and oxygen atoms in total. The van der Waals surface area contributed by atoms with Gasteiger partial charge in [0.1, 0.15) is 11.6 Å². The summed E-state index contributed by atoms with van der Waals surface area (Å²) in [5, 5.41) is 12.8. The molecule has 2 rings (SSSR count). The Kier molecular flexibility index (Phi) is 7.90. The number of aryl methyl sites for hydroxylation is 1. The van der Waals surface area contributed by atoms with Crippen LogP contribution in [0.15, 0.2) is 28.1 Å². The van der Waals surface area contributed by atoms with E-state index in [-0.39, 0.29) is 6.42 Å². The number of thiophene rings is 2. The van der Waals surface area contributed by atoms with Crippen LogP contribution >= 0.6 is 38.6 Å². The summed E-state index contributed by atoms with van der Waals surface area (Å²) in [6, 6.07) is 6.98. The van der Waals surface area contributed by atoms with Crippen LogP contribution in [0.2, 0.25) is 0 Å². The molecule has 0 aromatic carbocycles. The molecule has 0 aliphatic carbocycles. The van der Waals surface area contributed by atoms with Crippen LogP contribution < -0.4 is 5.32 Å². The standard InChI is InChI=1S/C18H22BrF2NO2S2/c1-3-12(23)16(18(2,24)17(20)21)22-10-4-5-11-6-7-13(25-11)14-8-9-15(19)26-14/h6-9,16-17,22,24H,3-5,10H2,1-2H3/t16-,18+/m1/s1. The molecule has 0 bridgehead atoms. The zero-order chi connectivity index (χ0) is 19.3. The predicted octanol–water partition coefficient (Wildman–Crippen LogP) is 5.13. The molecule has 2 N–H and O–H groups in total. The zero-order valence-corrected chi connectivity index (χ0v) is 17.8. The average Bonchev–Trinajstić information content (AvgIpc) is 3.22. The number of hydrogen-bond acceptors (Lipinski definition) is 5. The SMILES string of the molecule is CCC(=O)[C@@H](NCCCc1ccc(-c2ccc(Br)s2)s1)[C@](C)(O)C(F)F. The molecule has 0 fully saturated rings. The first-order chi connectivity index (χ1) is 12.3. The molecule has 2 atom stereocenters. The molecule has 0 radical (unpaired) electrons. The van der Waals surface area contributed by atoms with Gasteiger partial charge in [0.15, 0.2) is 5.78 Å². The summed E-state index contributed by atoms with van der Waals surface area (Å²) in [5.41, 5.74) is -2.37. The molecule has 0 aliphatic rings. The van der Waals surface area contributed by atoms with Crippen molar-refractivity contribution < 1.29 is 18.7 Å². The van der Waals surface area contributed by atoms with Crippen LogP contribution in [0.3, 0.4) is 0 Å². The fourth-order valence-electron chi connectivity index (χ4n) is 2.58. The van der Waals surface area contributed by atoms with Crippen LogP contribution in [0.25, 0.3) is 9.75 Å². The molecule has 2 aromatic rings. The van der Waals surface area contributed by atoms with Crippen LogP contribution in [0.4, 0.5) is 8.78 Å². The molecular weight excluding hydrogens is 444 g/mol. The molecular formula is C18H22BrF2NO2S2. The van der Waals surface area contributed by atoms with Crippen molar-refractivity contribution in [1.82, 2.24) is 5.32 Å². The third kappa shape index (κ3) is 5.42. The van der Waals surface area contributed by atoms with Crippen LogP contribution in [0.5, 0.6) is 0 Å². The van der Waals surface area contributed by atoms with E-state index in [0.29, 0.717) is 13.0 Å². The van der Waals surface area contributed by atoms with Crippen molar-refractivity contribution in [2.45, 2.75) is 51.2 Å². The van der Waals surface area contributed by atoms with E-state index in [0.717, 1.165) is 17.1 Å². The van der Waals surface area contributed by atoms with E-state index in [1.807, 2.05) is 6.07 Å². The van der Waals surface area contributed by atoms with Gasteiger partial charge in [0.05, 0.1) is 3.79 Å². The van der Waals surface area contributed by atoms with Gasteiger partial charge in [-0.25, -0.2) is 8.78 Å². The maximum absolute atomic E-state index is 13.1. The minimum atomic E-state index is -2.99. The molecule has 8 heteroatoms. The molecule has 0 unspecified atom stereocenters. The van der Waals surface area contributed by atoms with Gasteiger partial charge in [0, 0.05) is 21.1 Å². The molecule has 0 amide bonds. The van der Waals surface area contributed by atoms with Gasteiger partial charge < -0.3 is 10.4 Å². The fraction of sp³-hybridized carbons (Fsp3) is 0.500. The van der Waals surface area contributed by atoms with E-state index in [1.54, 1.807) is 29.6 Å². The molecule has 0 spiro atoms. The number of carbonyl (C=O) groups is 1. The van der Waals surface area contributed by atoms with E-state index >= 15 is 0 Å². The quantitative estimate of drug-likeness (QED) is 0.478. The number of carbonyl (C=O) groups excluding carboxylic acids is 1. The van der Waals surface area contributed by atoms with Crippen molar-refractivity contribution in [2.75, 3.05) is 6.54 Å². The van der Waals surface area contributed by atoms with Gasteiger partial charge in [-0.1, -0.05) is 6.92 Å². The fourth-order valence-corrected chi connectivity index (χ4v) is 5.10. The summed E-state index contributed by atoms with van der Waals surface area (Å²) in [6.07, 6.45) is -1.40. The predicted molar refractivity (Wildman–Crippen MR) is 107 cm³/mol. The van der Waals surface area contributed by atoms with Crippen molar-refractivity contribution in [2.24, 2.45) is 0 Å². The van der Waals surface area contributed by atoms with Crippen LogP contribution in [-0.4, -0.2) is 35.5 Å². The van der Waals surface area contributed by atoms with Crippen LogP contribution in [-0.2, 0) is 11.2 Å². The van der Waals surface area contributed by atoms with Crippen molar-refractivity contribution in [3.63, 3.8) is 0 Å². The Morgan fingerprint density at radius 3 is 2.50 bits per heavy atom. The van der Waals surface area contributed by atoms with E-state index in [9.17, 15) is 18.7 Å². The Hall–Kier alpha value is -0.670. The number of aliphatic hydroxyl groups is 1. The van der Waals surface area contributed by atoms with Gasteiger partial charge in [0.2, 0.25) is 0 Å². The summed E-state index contributed by atoms with van der Waals surface area (Å²) in [4.78, 5) is 15.5. The maximum atomic E-state index is 13.1. The molecule has 0 aliphatic heterocycles. The van der Waals surface area contributed by atoms with E-state index in [2.05, 4.69) is 39.4 Å². The second-order valence-corrected chi connectivity index (χ2v) is 9.84. The number of nitrogens with one attached hydrogen (secondary N) is 1. The number of ketones is 1. The summed E-state index contributed by atoms with van der Waals surface area (Å²) in [7, 11) is 0. The molecule has 2 aromatic heterocycles. The van der Waals surface area contributed by atoms with Gasteiger partial charge in [-0.2, -0.15) is 0 Å². The van der Waals surface area contributed by atoms with Gasteiger partial charge >= 0.3 is 0 Å². The third-order valence-electron chi connectivity index (χ3n) is 4.12. The average molecular weight is 466 g/mol. The molecule has 0 saturated heterocycles. The van der Waals surface area contributed by atoms with E-state index < -0.39 is 23.9 Å². The first kappa shape index (κ1) is 21.6. The van der Waals surface area contributed by atoms with Gasteiger partial charge in [-0.3, -0.25) is 4.79 Å². The highest BCUT2D eigenvalue weighted by atomic mass is 79.9. The summed E-state index contributed by atoms with van der Waals surface area (Å²) >= 11 is 6.84. The molecule has 0 saturated carbocycles. The minimum absolute atomic E-state index is 0.102. The third-order valence-corrected chi connectivity index (χ3v) is 7.09. The first-order valence-corrected chi connectivity index (χ1v) is 10.8. The molecule has 26 heavy (non-hydrogen) atoms. The second-order valence-electron chi connectivity index (χ2n) is 6.21. The van der Waals surface area contributed by atoms with Crippen molar-refractivity contribution >= 4 is 44.4 Å². The topological polar surface area (TPSA) is 49.3 Å². The zero-order valence-electron chi connectivity index (χ0n) is 14.6. The highest BCUT2D eigenvalue weighted by molar-refractivity contribution is 9.11. The Bertz CT molecular complexity index is 730. The number of halogens is 3. The lowest BCUT2D eigenvalue weighted by molar-refractivity contribution is -0.141. The lowest BCUT2D eigenvalue weighted by Crippen LogP contribution is -2.57. The maximum Gasteiger partial charge on any atom is 0.268 e. The highest BCUT2D eigenvalue weighted by Gasteiger charge is 2.43. The van der Waals surface area contributed by atoms with Gasteiger partial charge in [0.25, 0.3) is 6.43 Å². The second kappa shape index (κ2) is 9.50. The van der Waals surface area contributed by atoms with Gasteiger partial charge in [-0.05, 0) is 66.5 Å². The lowest BCUT2D eigenvalue weighted by Gasteiger charge is -2.31. The monoisotopic (exact) mass is 465 g/mol. The smallest absolute Gasteiger partial charge is 0.268 e. The number of alkyl halides is 2. The molecule has 2 heterocycles.